The molecule has 0 aliphatic carbocycles. The molecule has 92 valence electrons. The van der Waals surface area contributed by atoms with Gasteiger partial charge in [0.25, 0.3) is 0 Å². The van der Waals surface area contributed by atoms with Crippen LogP contribution >= 0.6 is 11.8 Å². The molecule has 6 nitrogen and oxygen atoms in total. The Bertz CT molecular complexity index is 423. The van der Waals surface area contributed by atoms with Gasteiger partial charge in [0, 0.05) is 32.1 Å². The SMILES string of the molecule is Cn1c(CCC(N)=O)nnc1SCCCC#N. The number of unbranched alkanes of at least 4 members (excludes halogenated alkanes) is 1. The third kappa shape index (κ3) is 4.44. The number of nitriles is 1. The molecule has 0 bridgehead atoms. The van der Waals surface area contributed by atoms with Gasteiger partial charge in [-0.2, -0.15) is 5.26 Å². The standard InChI is InChI=1S/C10H15N5OS/c1-15-9(5-4-8(12)16)13-14-10(15)17-7-3-2-6-11/h2-5,7H2,1H3,(H2,12,16). The first-order valence-corrected chi connectivity index (χ1v) is 6.30. The van der Waals surface area contributed by atoms with E-state index in [1.165, 1.54) is 0 Å². The van der Waals surface area contributed by atoms with Crippen molar-refractivity contribution in [3.8, 4) is 6.07 Å². The van der Waals surface area contributed by atoms with Crippen LogP contribution in [0.5, 0.6) is 0 Å². The molecule has 0 fully saturated rings. The number of carbonyl (C=O) groups excluding carboxylic acids is 1. The molecule has 0 unspecified atom stereocenters. The van der Waals surface area contributed by atoms with E-state index in [9.17, 15) is 4.79 Å². The van der Waals surface area contributed by atoms with Crippen LogP contribution in [0.1, 0.15) is 25.1 Å². The predicted molar refractivity (Wildman–Crippen MR) is 64.1 cm³/mol. The van der Waals surface area contributed by atoms with Gasteiger partial charge in [-0.3, -0.25) is 4.79 Å². The number of hydrogen-bond donors (Lipinski definition) is 1. The molecule has 0 saturated carbocycles. The van der Waals surface area contributed by atoms with Crippen molar-refractivity contribution in [1.29, 1.82) is 5.26 Å². The third-order valence-corrected chi connectivity index (χ3v) is 3.29. The first-order chi connectivity index (χ1) is 8.15. The Kier molecular flexibility index (Phi) is 5.49. The van der Waals surface area contributed by atoms with Crippen LogP contribution in [0.25, 0.3) is 0 Å². The quantitative estimate of drug-likeness (QED) is 0.567. The highest BCUT2D eigenvalue weighted by Crippen LogP contribution is 2.17. The van der Waals surface area contributed by atoms with Gasteiger partial charge in [0.2, 0.25) is 5.91 Å². The molecule has 7 heteroatoms. The largest absolute Gasteiger partial charge is 0.370 e. The highest BCUT2D eigenvalue weighted by Gasteiger charge is 2.09. The Labute approximate surface area is 104 Å². The van der Waals surface area contributed by atoms with Crippen molar-refractivity contribution in [2.75, 3.05) is 5.75 Å². The van der Waals surface area contributed by atoms with E-state index in [2.05, 4.69) is 16.3 Å². The number of primary amides is 1. The summed E-state index contributed by atoms with van der Waals surface area (Å²) in [5.41, 5.74) is 5.08. The predicted octanol–water partition coefficient (Wildman–Crippen LogP) is 0.629. The normalized spacial score (nSPS) is 10.1. The number of thioether (sulfide) groups is 1. The first kappa shape index (κ1) is 13.5. The molecule has 1 amide bonds. The number of amides is 1. The summed E-state index contributed by atoms with van der Waals surface area (Å²) in [6, 6.07) is 2.10. The molecule has 1 aromatic rings. The molecule has 0 atom stereocenters. The molecule has 0 radical (unpaired) electrons. The van der Waals surface area contributed by atoms with Crippen LogP contribution in [0, 0.1) is 11.3 Å². The van der Waals surface area contributed by atoms with Crippen LogP contribution in [0.15, 0.2) is 5.16 Å². The van der Waals surface area contributed by atoms with Crippen molar-refractivity contribution in [2.45, 2.75) is 30.8 Å². The summed E-state index contributed by atoms with van der Waals surface area (Å²) >= 11 is 1.56. The average molecular weight is 253 g/mol. The summed E-state index contributed by atoms with van der Waals surface area (Å²) in [6.07, 6.45) is 2.19. The molecule has 0 aliphatic rings. The number of nitrogens with zero attached hydrogens (tertiary/aromatic N) is 4. The van der Waals surface area contributed by atoms with Gasteiger partial charge in [0.05, 0.1) is 6.07 Å². The van der Waals surface area contributed by atoms with Gasteiger partial charge in [0.15, 0.2) is 5.16 Å². The number of aryl methyl sites for hydroxylation is 1. The zero-order valence-corrected chi connectivity index (χ0v) is 10.5. The van der Waals surface area contributed by atoms with Crippen molar-refractivity contribution in [3.05, 3.63) is 5.82 Å². The fourth-order valence-electron chi connectivity index (χ4n) is 1.24. The smallest absolute Gasteiger partial charge is 0.217 e. The highest BCUT2D eigenvalue weighted by molar-refractivity contribution is 7.99. The average Bonchev–Trinajstić information content (AvgIpc) is 2.63. The minimum Gasteiger partial charge on any atom is -0.370 e. The number of rotatable bonds is 7. The van der Waals surface area contributed by atoms with E-state index < -0.39 is 0 Å². The lowest BCUT2D eigenvalue weighted by Crippen LogP contribution is -2.12. The van der Waals surface area contributed by atoms with Gasteiger partial charge in [-0.1, -0.05) is 11.8 Å². The van der Waals surface area contributed by atoms with E-state index >= 15 is 0 Å². The van der Waals surface area contributed by atoms with E-state index in [0.29, 0.717) is 12.8 Å². The van der Waals surface area contributed by atoms with E-state index in [1.54, 1.807) is 11.8 Å². The van der Waals surface area contributed by atoms with Gasteiger partial charge < -0.3 is 10.3 Å². The second-order valence-electron chi connectivity index (χ2n) is 3.53. The highest BCUT2D eigenvalue weighted by atomic mass is 32.2. The number of hydrogen-bond acceptors (Lipinski definition) is 5. The Balaban J connectivity index is 2.46. The molecular weight excluding hydrogens is 238 g/mol. The molecule has 0 saturated heterocycles. The van der Waals surface area contributed by atoms with Crippen molar-refractivity contribution in [3.63, 3.8) is 0 Å². The Morgan fingerprint density at radius 1 is 1.59 bits per heavy atom. The summed E-state index contributed by atoms with van der Waals surface area (Å²) in [6.45, 7) is 0. The van der Waals surface area contributed by atoms with Crippen LogP contribution in [-0.4, -0.2) is 26.4 Å². The zero-order valence-electron chi connectivity index (χ0n) is 9.72. The summed E-state index contributed by atoms with van der Waals surface area (Å²) in [7, 11) is 1.86. The van der Waals surface area contributed by atoms with Crippen molar-refractivity contribution in [1.82, 2.24) is 14.8 Å². The molecular formula is C10H15N5OS. The minimum atomic E-state index is -0.337. The van der Waals surface area contributed by atoms with Crippen molar-refractivity contribution in [2.24, 2.45) is 12.8 Å². The molecule has 0 spiro atoms. The van der Waals surface area contributed by atoms with Gasteiger partial charge in [-0.25, -0.2) is 0 Å². The molecule has 17 heavy (non-hydrogen) atoms. The third-order valence-electron chi connectivity index (χ3n) is 2.18. The molecule has 1 aromatic heterocycles. The molecule has 1 rings (SSSR count). The number of aromatic nitrogens is 3. The molecule has 0 aromatic carbocycles. The monoisotopic (exact) mass is 253 g/mol. The lowest BCUT2D eigenvalue weighted by molar-refractivity contribution is -0.118. The zero-order chi connectivity index (χ0) is 12.7. The topological polar surface area (TPSA) is 97.6 Å². The van der Waals surface area contributed by atoms with Crippen LogP contribution in [0.4, 0.5) is 0 Å². The molecule has 0 aliphatic heterocycles. The molecule has 1 heterocycles. The summed E-state index contributed by atoms with van der Waals surface area (Å²) < 4.78 is 1.86. The Morgan fingerprint density at radius 2 is 2.35 bits per heavy atom. The Morgan fingerprint density at radius 3 is 3.00 bits per heavy atom. The fraction of sp³-hybridized carbons (Fsp3) is 0.600. The van der Waals surface area contributed by atoms with Gasteiger partial charge in [0.1, 0.15) is 5.82 Å². The summed E-state index contributed by atoms with van der Waals surface area (Å²) in [5, 5.41) is 17.3. The maximum atomic E-state index is 10.7. The lowest BCUT2D eigenvalue weighted by Gasteiger charge is -2.02. The lowest BCUT2D eigenvalue weighted by atomic mass is 10.3. The maximum absolute atomic E-state index is 10.7. The second kappa shape index (κ2) is 6.91. The fourth-order valence-corrected chi connectivity index (χ4v) is 2.11. The first-order valence-electron chi connectivity index (χ1n) is 5.31. The van der Waals surface area contributed by atoms with Gasteiger partial charge in [-0.15, -0.1) is 10.2 Å². The van der Waals surface area contributed by atoms with Crippen LogP contribution in [0.2, 0.25) is 0 Å². The van der Waals surface area contributed by atoms with E-state index in [4.69, 9.17) is 11.0 Å². The van der Waals surface area contributed by atoms with Crippen LogP contribution < -0.4 is 5.73 Å². The summed E-state index contributed by atoms with van der Waals surface area (Å²) in [4.78, 5) is 10.7. The number of carbonyl (C=O) groups is 1. The van der Waals surface area contributed by atoms with Crippen molar-refractivity contribution >= 4 is 17.7 Å². The van der Waals surface area contributed by atoms with Crippen LogP contribution in [-0.2, 0) is 18.3 Å². The van der Waals surface area contributed by atoms with E-state index in [-0.39, 0.29) is 12.3 Å². The van der Waals surface area contributed by atoms with Gasteiger partial charge in [-0.05, 0) is 6.42 Å². The van der Waals surface area contributed by atoms with Crippen molar-refractivity contribution < 1.29 is 4.79 Å². The number of nitrogens with two attached hydrogens (primary N) is 1. The van der Waals surface area contributed by atoms with E-state index in [0.717, 1.165) is 23.2 Å². The van der Waals surface area contributed by atoms with E-state index in [1.807, 2.05) is 11.6 Å². The maximum Gasteiger partial charge on any atom is 0.217 e. The second-order valence-corrected chi connectivity index (χ2v) is 4.60. The Hall–Kier alpha value is -1.55. The summed E-state index contributed by atoms with van der Waals surface area (Å²) in [5.74, 6) is 1.26. The van der Waals surface area contributed by atoms with Crippen LogP contribution in [0.3, 0.4) is 0 Å². The minimum absolute atomic E-state index is 0.283. The molecule has 2 N–H and O–H groups in total. The van der Waals surface area contributed by atoms with Gasteiger partial charge >= 0.3 is 0 Å².